The summed E-state index contributed by atoms with van der Waals surface area (Å²) in [6.07, 6.45) is 10.9. The number of likely N-dealkylation sites (tertiary alicyclic amines) is 2. The van der Waals surface area contributed by atoms with Crippen LogP contribution in [-0.4, -0.2) is 77.3 Å². The van der Waals surface area contributed by atoms with E-state index in [0.717, 1.165) is 44.5 Å². The lowest BCUT2D eigenvalue weighted by molar-refractivity contribution is -0.135. The first-order valence-corrected chi connectivity index (χ1v) is 11.4. The fourth-order valence-electron chi connectivity index (χ4n) is 4.78. The number of methoxy groups -OCH3 is 1. The Labute approximate surface area is 184 Å². The summed E-state index contributed by atoms with van der Waals surface area (Å²) >= 11 is 0. The lowest BCUT2D eigenvalue weighted by Gasteiger charge is -2.41. The van der Waals surface area contributed by atoms with Crippen LogP contribution in [0.2, 0.25) is 0 Å². The number of hydrogen-bond acceptors (Lipinski definition) is 7. The van der Waals surface area contributed by atoms with Crippen molar-refractivity contribution in [3.05, 3.63) is 30.4 Å². The summed E-state index contributed by atoms with van der Waals surface area (Å²) in [5.41, 5.74) is 0.498. The van der Waals surface area contributed by atoms with Gasteiger partial charge in [0.1, 0.15) is 0 Å². The lowest BCUT2D eigenvalue weighted by Crippen LogP contribution is -2.52. The normalized spacial score (nSPS) is 22.9. The van der Waals surface area contributed by atoms with Crippen LogP contribution in [0, 0.1) is 0 Å². The van der Waals surface area contributed by atoms with Gasteiger partial charge in [0.15, 0.2) is 5.82 Å². The molecule has 2 aromatic heterocycles. The van der Waals surface area contributed by atoms with Crippen molar-refractivity contribution in [1.29, 1.82) is 0 Å². The molecule has 0 N–H and O–H groups in total. The lowest BCUT2D eigenvalue weighted by atomic mass is 9.76. The second-order valence-corrected chi connectivity index (χ2v) is 8.79. The summed E-state index contributed by atoms with van der Waals surface area (Å²) < 4.78 is 11.0. The van der Waals surface area contributed by atoms with E-state index in [2.05, 4.69) is 15.0 Å². The van der Waals surface area contributed by atoms with Gasteiger partial charge in [0.25, 0.3) is 5.89 Å². The molecule has 0 aromatic carbocycles. The maximum Gasteiger partial charge on any atom is 0.258 e. The summed E-state index contributed by atoms with van der Waals surface area (Å²) in [5.74, 6) is 1.37. The molecule has 4 heterocycles. The van der Waals surface area contributed by atoms with Crippen molar-refractivity contribution >= 4 is 5.91 Å². The fourth-order valence-corrected chi connectivity index (χ4v) is 4.78. The van der Waals surface area contributed by atoms with Crippen molar-refractivity contribution in [2.45, 2.75) is 50.4 Å². The van der Waals surface area contributed by atoms with E-state index in [0.29, 0.717) is 31.4 Å². The van der Waals surface area contributed by atoms with Crippen LogP contribution in [0.5, 0.6) is 0 Å². The monoisotopic (exact) mass is 427 g/mol. The van der Waals surface area contributed by atoms with E-state index in [1.165, 1.54) is 25.7 Å². The second-order valence-electron chi connectivity index (χ2n) is 8.79. The molecule has 31 heavy (non-hydrogen) atoms. The molecule has 2 aliphatic rings. The Morgan fingerprint density at radius 1 is 1.13 bits per heavy atom. The predicted molar refractivity (Wildman–Crippen MR) is 116 cm³/mol. The molecular weight excluding hydrogens is 394 g/mol. The minimum absolute atomic E-state index is 0.209. The molecule has 2 aliphatic heterocycles. The van der Waals surface area contributed by atoms with Crippen LogP contribution >= 0.6 is 0 Å². The summed E-state index contributed by atoms with van der Waals surface area (Å²) in [6.45, 7) is 4.54. The molecule has 0 saturated carbocycles. The van der Waals surface area contributed by atoms with Crippen LogP contribution in [-0.2, 0) is 14.9 Å². The second kappa shape index (κ2) is 10.3. The maximum absolute atomic E-state index is 13.2. The third-order valence-electron chi connectivity index (χ3n) is 6.60. The number of aromatic nitrogens is 3. The number of carbonyl (C=O) groups is 1. The van der Waals surface area contributed by atoms with Gasteiger partial charge in [-0.2, -0.15) is 4.98 Å². The van der Waals surface area contributed by atoms with Crippen molar-refractivity contribution in [1.82, 2.24) is 24.9 Å². The molecule has 4 rings (SSSR count). The van der Waals surface area contributed by atoms with Gasteiger partial charge in [-0.25, -0.2) is 0 Å². The number of hydrogen-bond donors (Lipinski definition) is 0. The van der Waals surface area contributed by atoms with E-state index in [1.807, 2.05) is 17.0 Å². The van der Waals surface area contributed by atoms with E-state index >= 15 is 0 Å². The summed E-state index contributed by atoms with van der Waals surface area (Å²) in [6, 6.07) is 3.72. The molecule has 2 fully saturated rings. The topological polar surface area (TPSA) is 84.6 Å². The van der Waals surface area contributed by atoms with Gasteiger partial charge in [0, 0.05) is 44.8 Å². The largest absolute Gasteiger partial charge is 0.385 e. The standard InChI is InChI=1S/C23H33N5O3/c1-30-16-10-23(22-25-21(31-26-22)19-7-11-24-12-8-19)9-6-15-28(18-23)20(29)17-27-13-4-2-3-5-14-27/h7-8,11-12H,2-6,9-10,13-18H2,1H3. The van der Waals surface area contributed by atoms with Gasteiger partial charge in [-0.15, -0.1) is 0 Å². The molecule has 1 atom stereocenters. The Morgan fingerprint density at radius 2 is 1.90 bits per heavy atom. The first-order valence-electron chi connectivity index (χ1n) is 11.4. The number of ether oxygens (including phenoxy) is 1. The van der Waals surface area contributed by atoms with Crippen molar-refractivity contribution in [2.75, 3.05) is 46.4 Å². The van der Waals surface area contributed by atoms with Crippen LogP contribution in [0.4, 0.5) is 0 Å². The highest BCUT2D eigenvalue weighted by Crippen LogP contribution is 2.37. The highest BCUT2D eigenvalue weighted by molar-refractivity contribution is 5.78. The molecule has 168 valence electrons. The Bertz CT molecular complexity index is 835. The van der Waals surface area contributed by atoms with Crippen molar-refractivity contribution in [3.63, 3.8) is 0 Å². The number of rotatable bonds is 7. The van der Waals surface area contributed by atoms with E-state index < -0.39 is 0 Å². The van der Waals surface area contributed by atoms with Gasteiger partial charge >= 0.3 is 0 Å². The first kappa shape index (κ1) is 21.9. The smallest absolute Gasteiger partial charge is 0.258 e. The summed E-state index contributed by atoms with van der Waals surface area (Å²) in [4.78, 5) is 26.3. The van der Waals surface area contributed by atoms with Crippen molar-refractivity contribution in [2.24, 2.45) is 0 Å². The predicted octanol–water partition coefficient (Wildman–Crippen LogP) is 2.90. The van der Waals surface area contributed by atoms with Gasteiger partial charge in [-0.1, -0.05) is 18.0 Å². The van der Waals surface area contributed by atoms with Crippen molar-refractivity contribution < 1.29 is 14.1 Å². The number of nitrogens with zero attached hydrogens (tertiary/aromatic N) is 5. The molecule has 0 bridgehead atoms. The Kier molecular flexibility index (Phi) is 7.29. The minimum Gasteiger partial charge on any atom is -0.385 e. The van der Waals surface area contributed by atoms with Gasteiger partial charge < -0.3 is 14.2 Å². The molecule has 2 saturated heterocycles. The Balaban J connectivity index is 1.51. The molecule has 1 unspecified atom stereocenters. The number of pyridine rings is 1. The average molecular weight is 428 g/mol. The molecule has 0 aliphatic carbocycles. The molecule has 2 aromatic rings. The Morgan fingerprint density at radius 3 is 2.65 bits per heavy atom. The third kappa shape index (κ3) is 5.30. The maximum atomic E-state index is 13.2. The van der Waals surface area contributed by atoms with E-state index in [9.17, 15) is 4.79 Å². The molecule has 1 amide bonds. The molecule has 0 radical (unpaired) electrons. The fraction of sp³-hybridized carbons (Fsp3) is 0.652. The molecule has 8 nitrogen and oxygen atoms in total. The van der Waals surface area contributed by atoms with Crippen LogP contribution in [0.3, 0.4) is 0 Å². The van der Waals surface area contributed by atoms with Gasteiger partial charge in [-0.3, -0.25) is 14.7 Å². The average Bonchev–Trinajstić information content (AvgIpc) is 3.18. The quantitative estimate of drug-likeness (QED) is 0.672. The van der Waals surface area contributed by atoms with Crippen LogP contribution < -0.4 is 0 Å². The van der Waals surface area contributed by atoms with E-state index in [1.54, 1.807) is 19.5 Å². The van der Waals surface area contributed by atoms with Gasteiger partial charge in [0.2, 0.25) is 5.91 Å². The summed E-state index contributed by atoms with van der Waals surface area (Å²) in [7, 11) is 1.71. The van der Waals surface area contributed by atoms with Gasteiger partial charge in [-0.05, 0) is 57.3 Å². The number of piperidine rings is 1. The van der Waals surface area contributed by atoms with Crippen LogP contribution in [0.25, 0.3) is 11.5 Å². The highest BCUT2D eigenvalue weighted by Gasteiger charge is 2.42. The molecular formula is C23H33N5O3. The van der Waals surface area contributed by atoms with E-state index in [4.69, 9.17) is 14.2 Å². The molecule has 0 spiro atoms. The Hall–Kier alpha value is -2.32. The number of amides is 1. The van der Waals surface area contributed by atoms with Crippen molar-refractivity contribution in [3.8, 4) is 11.5 Å². The zero-order valence-corrected chi connectivity index (χ0v) is 18.5. The highest BCUT2D eigenvalue weighted by atomic mass is 16.5. The van der Waals surface area contributed by atoms with Crippen LogP contribution in [0.1, 0.15) is 50.8 Å². The van der Waals surface area contributed by atoms with Gasteiger partial charge in [0.05, 0.1) is 12.0 Å². The summed E-state index contributed by atoms with van der Waals surface area (Å²) in [5, 5.41) is 4.35. The third-order valence-corrected chi connectivity index (χ3v) is 6.60. The van der Waals surface area contributed by atoms with E-state index in [-0.39, 0.29) is 11.3 Å². The van der Waals surface area contributed by atoms with Crippen LogP contribution in [0.15, 0.2) is 29.0 Å². The number of carbonyl (C=O) groups excluding carboxylic acids is 1. The zero-order valence-electron chi connectivity index (χ0n) is 18.5. The minimum atomic E-state index is -0.350. The molecule has 8 heteroatoms. The first-order chi connectivity index (χ1) is 15.2. The zero-order chi connectivity index (χ0) is 21.5. The SMILES string of the molecule is COCCC1(c2noc(-c3ccncc3)n2)CCCN(C(=O)CN2CCCCCC2)C1.